The van der Waals surface area contributed by atoms with Crippen molar-refractivity contribution in [2.24, 2.45) is 5.73 Å². The molecule has 6 nitrogen and oxygen atoms in total. The van der Waals surface area contributed by atoms with Crippen LogP contribution in [-0.2, 0) is 11.8 Å². The van der Waals surface area contributed by atoms with E-state index in [9.17, 15) is 4.79 Å². The molecule has 1 aromatic carbocycles. The lowest BCUT2D eigenvalue weighted by Gasteiger charge is -2.40. The van der Waals surface area contributed by atoms with Gasteiger partial charge in [-0.05, 0) is 55.4 Å². The molecule has 3 heterocycles. The number of anilines is 2. The number of carbonyl (C=O) groups is 1. The van der Waals surface area contributed by atoms with Gasteiger partial charge in [-0.2, -0.15) is 0 Å². The normalized spacial score (nSPS) is 22.4. The largest absolute Gasteiger partial charge is 0.384 e. The summed E-state index contributed by atoms with van der Waals surface area (Å²) in [5.41, 5.74) is 11.2. The molecule has 5 rings (SSSR count). The SMILES string of the molecule is C[C@@H]1CCc2ncnc(N3CCC4(CC3)CNc3ccc(C(N)=O)cc34)c21. The number of amides is 1. The number of hydrogen-bond acceptors (Lipinski definition) is 5. The van der Waals surface area contributed by atoms with Crippen molar-refractivity contribution in [1.29, 1.82) is 0 Å². The summed E-state index contributed by atoms with van der Waals surface area (Å²) < 4.78 is 0. The van der Waals surface area contributed by atoms with E-state index in [2.05, 4.69) is 27.1 Å². The van der Waals surface area contributed by atoms with Crippen LogP contribution in [0.15, 0.2) is 24.5 Å². The quantitative estimate of drug-likeness (QED) is 0.857. The zero-order valence-electron chi connectivity index (χ0n) is 15.7. The molecule has 1 saturated heterocycles. The first kappa shape index (κ1) is 16.5. The summed E-state index contributed by atoms with van der Waals surface area (Å²) in [6.45, 7) is 5.15. The lowest BCUT2D eigenvalue weighted by molar-refractivity contribution is 0.1000. The monoisotopic (exact) mass is 363 g/mol. The van der Waals surface area contributed by atoms with Gasteiger partial charge in [0.25, 0.3) is 0 Å². The number of nitrogens with zero attached hydrogens (tertiary/aromatic N) is 3. The zero-order valence-corrected chi connectivity index (χ0v) is 15.7. The number of nitrogens with one attached hydrogen (secondary N) is 1. The van der Waals surface area contributed by atoms with E-state index in [1.165, 1.54) is 23.2 Å². The number of aryl methyl sites for hydroxylation is 1. The third kappa shape index (κ3) is 2.50. The highest BCUT2D eigenvalue weighted by Crippen LogP contribution is 2.46. The molecule has 1 amide bonds. The molecular weight excluding hydrogens is 338 g/mol. The summed E-state index contributed by atoms with van der Waals surface area (Å²) in [5.74, 6) is 1.32. The summed E-state index contributed by atoms with van der Waals surface area (Å²) >= 11 is 0. The van der Waals surface area contributed by atoms with E-state index >= 15 is 0 Å². The molecule has 0 bridgehead atoms. The van der Waals surface area contributed by atoms with Gasteiger partial charge in [-0.15, -0.1) is 0 Å². The molecule has 3 aliphatic rings. The predicted molar refractivity (Wildman–Crippen MR) is 105 cm³/mol. The van der Waals surface area contributed by atoms with Crippen LogP contribution >= 0.6 is 0 Å². The average Bonchev–Trinajstić information content (AvgIpc) is 3.24. The summed E-state index contributed by atoms with van der Waals surface area (Å²) in [7, 11) is 0. The molecule has 2 aromatic rings. The van der Waals surface area contributed by atoms with Crippen molar-refractivity contribution < 1.29 is 4.79 Å². The van der Waals surface area contributed by atoms with Gasteiger partial charge in [-0.3, -0.25) is 4.79 Å². The van der Waals surface area contributed by atoms with Gasteiger partial charge in [0.1, 0.15) is 12.1 Å². The number of hydrogen-bond donors (Lipinski definition) is 2. The molecular formula is C21H25N5O. The van der Waals surface area contributed by atoms with Gasteiger partial charge < -0.3 is 16.0 Å². The molecule has 3 N–H and O–H groups in total. The van der Waals surface area contributed by atoms with Crippen molar-refractivity contribution in [3.05, 3.63) is 46.9 Å². The third-order valence-corrected chi connectivity index (χ3v) is 6.77. The molecule has 0 saturated carbocycles. The highest BCUT2D eigenvalue weighted by Gasteiger charge is 2.42. The number of piperidine rings is 1. The Morgan fingerprint density at radius 1 is 1.30 bits per heavy atom. The second kappa shape index (κ2) is 5.94. The maximum absolute atomic E-state index is 11.6. The average molecular weight is 363 g/mol. The number of primary amides is 1. The first-order valence-electron chi connectivity index (χ1n) is 9.84. The van der Waals surface area contributed by atoms with Crippen molar-refractivity contribution in [1.82, 2.24) is 9.97 Å². The number of aromatic nitrogens is 2. The number of rotatable bonds is 2. The molecule has 0 radical (unpaired) electrons. The minimum absolute atomic E-state index is 0.0825. The standard InChI is InChI=1S/C21H25N5O/c1-13-2-4-17-18(13)20(25-12-24-17)26-8-6-21(7-9-26)11-23-16-5-3-14(19(22)27)10-15(16)21/h3,5,10,12-13,23H,2,4,6-9,11H2,1H3,(H2,22,27)/t13-/m1/s1. The fraction of sp³-hybridized carbons (Fsp3) is 0.476. The Hall–Kier alpha value is -2.63. The van der Waals surface area contributed by atoms with E-state index in [4.69, 9.17) is 5.73 Å². The van der Waals surface area contributed by atoms with Crippen LogP contribution in [0.5, 0.6) is 0 Å². The number of carbonyl (C=O) groups excluding carboxylic acids is 1. The Labute approximate surface area is 159 Å². The fourth-order valence-electron chi connectivity index (χ4n) is 5.12. The summed E-state index contributed by atoms with van der Waals surface area (Å²) in [5, 5.41) is 3.53. The second-order valence-electron chi connectivity index (χ2n) is 8.24. The fourth-order valence-corrected chi connectivity index (χ4v) is 5.12. The Morgan fingerprint density at radius 3 is 2.89 bits per heavy atom. The van der Waals surface area contributed by atoms with Crippen molar-refractivity contribution >= 4 is 17.4 Å². The van der Waals surface area contributed by atoms with Crippen LogP contribution < -0.4 is 16.0 Å². The zero-order chi connectivity index (χ0) is 18.6. The van der Waals surface area contributed by atoms with Crippen LogP contribution in [-0.4, -0.2) is 35.5 Å². The molecule has 0 unspecified atom stereocenters. The minimum atomic E-state index is -0.358. The number of fused-ring (bicyclic) bond motifs is 3. The molecule has 2 aliphatic heterocycles. The van der Waals surface area contributed by atoms with Crippen molar-refractivity contribution in [2.45, 2.75) is 43.9 Å². The Balaban J connectivity index is 1.42. The maximum Gasteiger partial charge on any atom is 0.248 e. The van der Waals surface area contributed by atoms with E-state index in [-0.39, 0.29) is 11.3 Å². The molecule has 140 valence electrons. The molecule has 1 atom stereocenters. The van der Waals surface area contributed by atoms with Crippen molar-refractivity contribution in [3.63, 3.8) is 0 Å². The van der Waals surface area contributed by atoms with Crippen LogP contribution in [0.4, 0.5) is 11.5 Å². The van der Waals surface area contributed by atoms with Crippen LogP contribution in [0.25, 0.3) is 0 Å². The van der Waals surface area contributed by atoms with Gasteiger partial charge in [0.05, 0.1) is 0 Å². The van der Waals surface area contributed by atoms with Crippen molar-refractivity contribution in [2.75, 3.05) is 29.9 Å². The molecule has 1 aromatic heterocycles. The molecule has 1 spiro atoms. The van der Waals surface area contributed by atoms with Crippen LogP contribution in [0, 0.1) is 0 Å². The predicted octanol–water partition coefficient (Wildman–Crippen LogP) is 2.59. The number of benzene rings is 1. The van der Waals surface area contributed by atoms with E-state index in [0.29, 0.717) is 11.5 Å². The van der Waals surface area contributed by atoms with Crippen LogP contribution in [0.2, 0.25) is 0 Å². The highest BCUT2D eigenvalue weighted by molar-refractivity contribution is 5.93. The first-order valence-corrected chi connectivity index (χ1v) is 9.84. The first-order chi connectivity index (χ1) is 13.1. The highest BCUT2D eigenvalue weighted by atomic mass is 16.1. The van der Waals surface area contributed by atoms with E-state index in [1.54, 1.807) is 6.33 Å². The van der Waals surface area contributed by atoms with Crippen LogP contribution in [0.3, 0.4) is 0 Å². The topological polar surface area (TPSA) is 84.1 Å². The third-order valence-electron chi connectivity index (χ3n) is 6.77. The van der Waals surface area contributed by atoms with Gasteiger partial charge in [0.15, 0.2) is 0 Å². The molecule has 27 heavy (non-hydrogen) atoms. The van der Waals surface area contributed by atoms with E-state index in [0.717, 1.165) is 50.4 Å². The van der Waals surface area contributed by atoms with Crippen LogP contribution in [0.1, 0.15) is 59.3 Å². The van der Waals surface area contributed by atoms with Crippen molar-refractivity contribution in [3.8, 4) is 0 Å². The lowest BCUT2D eigenvalue weighted by atomic mass is 9.74. The minimum Gasteiger partial charge on any atom is -0.384 e. The number of nitrogens with two attached hydrogens (primary N) is 1. The molecule has 1 aliphatic carbocycles. The van der Waals surface area contributed by atoms with Gasteiger partial charge in [-0.1, -0.05) is 6.92 Å². The van der Waals surface area contributed by atoms with E-state index < -0.39 is 0 Å². The summed E-state index contributed by atoms with van der Waals surface area (Å²) in [6.07, 6.45) is 6.05. The Morgan fingerprint density at radius 2 is 2.11 bits per heavy atom. The Kier molecular flexibility index (Phi) is 3.64. The van der Waals surface area contributed by atoms with E-state index in [1.807, 2.05) is 18.2 Å². The van der Waals surface area contributed by atoms with Gasteiger partial charge in [0, 0.05) is 47.6 Å². The summed E-state index contributed by atoms with van der Waals surface area (Å²) in [6, 6.07) is 5.81. The summed E-state index contributed by atoms with van der Waals surface area (Å²) in [4.78, 5) is 23.2. The molecule has 1 fully saturated rings. The molecule has 6 heteroatoms. The lowest BCUT2D eigenvalue weighted by Crippen LogP contribution is -2.44. The smallest absolute Gasteiger partial charge is 0.248 e. The van der Waals surface area contributed by atoms with Gasteiger partial charge in [0.2, 0.25) is 5.91 Å². The second-order valence-corrected chi connectivity index (χ2v) is 8.24. The van der Waals surface area contributed by atoms with Gasteiger partial charge >= 0.3 is 0 Å². The van der Waals surface area contributed by atoms with Gasteiger partial charge in [-0.25, -0.2) is 9.97 Å². The Bertz CT molecular complexity index is 917. The maximum atomic E-state index is 11.6.